The lowest BCUT2D eigenvalue weighted by molar-refractivity contribution is 0.0993. The summed E-state index contributed by atoms with van der Waals surface area (Å²) in [6.07, 6.45) is -0.255. The molecule has 4 nitrogen and oxygen atoms in total. The van der Waals surface area contributed by atoms with Gasteiger partial charge in [0.05, 0.1) is 6.61 Å². The van der Waals surface area contributed by atoms with Crippen LogP contribution in [0.5, 0.6) is 5.75 Å². The van der Waals surface area contributed by atoms with Gasteiger partial charge in [0.15, 0.2) is 0 Å². The van der Waals surface area contributed by atoms with Gasteiger partial charge in [-0.05, 0) is 56.3 Å². The minimum absolute atomic E-state index is 0.000582. The number of hydrogen-bond donors (Lipinski definition) is 1. The molecule has 0 aromatic heterocycles. The Balaban J connectivity index is 1.71. The van der Waals surface area contributed by atoms with Crippen LogP contribution >= 0.6 is 0 Å². The highest BCUT2D eigenvalue weighted by molar-refractivity contribution is 6.11. The zero-order chi connectivity index (χ0) is 18.8. The fourth-order valence-electron chi connectivity index (χ4n) is 3.40. The molecular formula is C23H22N2O2. The number of carbonyl (C=O) groups excluding carboxylic acids is 1. The molecule has 0 saturated carbocycles. The minimum atomic E-state index is -0.255. The third-order valence-electron chi connectivity index (χ3n) is 4.74. The monoisotopic (exact) mass is 358 g/mol. The molecule has 3 aromatic rings. The van der Waals surface area contributed by atoms with Gasteiger partial charge in [-0.25, -0.2) is 0 Å². The number of hydrogen-bond acceptors (Lipinski definition) is 3. The topological polar surface area (TPSA) is 41.6 Å². The van der Waals surface area contributed by atoms with E-state index < -0.39 is 0 Å². The summed E-state index contributed by atoms with van der Waals surface area (Å²) in [5.41, 5.74) is 4.73. The Bertz CT molecular complexity index is 949. The van der Waals surface area contributed by atoms with Crippen molar-refractivity contribution in [1.29, 1.82) is 0 Å². The quantitative estimate of drug-likeness (QED) is 0.684. The fraction of sp³-hybridized carbons (Fsp3) is 0.174. The molecule has 1 aliphatic rings. The van der Waals surface area contributed by atoms with Crippen LogP contribution in [0, 0.1) is 6.92 Å². The number of ether oxygens (including phenoxy) is 1. The second-order valence-corrected chi connectivity index (χ2v) is 6.60. The van der Waals surface area contributed by atoms with Crippen LogP contribution in [0.25, 0.3) is 0 Å². The third-order valence-corrected chi connectivity index (χ3v) is 4.74. The fourth-order valence-corrected chi connectivity index (χ4v) is 3.40. The van der Waals surface area contributed by atoms with Crippen molar-refractivity contribution in [2.45, 2.75) is 20.0 Å². The molecule has 0 saturated heterocycles. The lowest BCUT2D eigenvalue weighted by Crippen LogP contribution is -2.32. The Morgan fingerprint density at radius 3 is 2.37 bits per heavy atom. The number of amides is 1. The molecule has 4 rings (SSSR count). The maximum absolute atomic E-state index is 13.1. The summed E-state index contributed by atoms with van der Waals surface area (Å²) in [7, 11) is 0. The van der Waals surface area contributed by atoms with Crippen LogP contribution in [0.3, 0.4) is 0 Å². The third kappa shape index (κ3) is 3.26. The number of carbonyl (C=O) groups is 1. The second kappa shape index (κ2) is 7.16. The molecule has 1 aliphatic heterocycles. The van der Waals surface area contributed by atoms with Crippen molar-refractivity contribution in [3.63, 3.8) is 0 Å². The van der Waals surface area contributed by atoms with Gasteiger partial charge < -0.3 is 10.1 Å². The maximum Gasteiger partial charge on any atom is 0.260 e. The van der Waals surface area contributed by atoms with Crippen LogP contribution < -0.4 is 15.0 Å². The normalized spacial score (nSPS) is 15.6. The summed E-state index contributed by atoms with van der Waals surface area (Å²) in [6, 6.07) is 23.6. The van der Waals surface area contributed by atoms with E-state index in [-0.39, 0.29) is 12.1 Å². The van der Waals surface area contributed by atoms with E-state index in [0.717, 1.165) is 28.3 Å². The van der Waals surface area contributed by atoms with Gasteiger partial charge in [-0.1, -0.05) is 35.9 Å². The van der Waals surface area contributed by atoms with E-state index in [2.05, 4.69) is 24.4 Å². The van der Waals surface area contributed by atoms with Crippen molar-refractivity contribution in [2.75, 3.05) is 16.8 Å². The van der Waals surface area contributed by atoms with E-state index in [1.165, 1.54) is 5.56 Å². The molecular weight excluding hydrogens is 336 g/mol. The van der Waals surface area contributed by atoms with E-state index in [1.54, 1.807) is 4.90 Å². The number of anilines is 2. The Kier molecular flexibility index (Phi) is 4.55. The first-order chi connectivity index (χ1) is 13.2. The molecule has 0 aliphatic carbocycles. The van der Waals surface area contributed by atoms with Crippen LogP contribution in [-0.2, 0) is 0 Å². The van der Waals surface area contributed by atoms with Crippen LogP contribution in [0.15, 0.2) is 72.8 Å². The highest BCUT2D eigenvalue weighted by Crippen LogP contribution is 2.38. The Morgan fingerprint density at radius 2 is 1.67 bits per heavy atom. The van der Waals surface area contributed by atoms with Crippen molar-refractivity contribution in [3.8, 4) is 5.75 Å². The van der Waals surface area contributed by atoms with Gasteiger partial charge in [-0.15, -0.1) is 0 Å². The molecule has 1 atom stereocenters. The molecule has 0 fully saturated rings. The van der Waals surface area contributed by atoms with Gasteiger partial charge in [-0.2, -0.15) is 0 Å². The first-order valence-corrected chi connectivity index (χ1v) is 9.16. The molecule has 1 unspecified atom stereocenters. The van der Waals surface area contributed by atoms with Gasteiger partial charge in [0.2, 0.25) is 0 Å². The predicted molar refractivity (Wildman–Crippen MR) is 108 cm³/mol. The maximum atomic E-state index is 13.1. The summed E-state index contributed by atoms with van der Waals surface area (Å²) in [5.74, 6) is 0.799. The number of nitrogens with one attached hydrogen (secondary N) is 1. The van der Waals surface area contributed by atoms with Crippen LogP contribution in [0.1, 0.15) is 34.6 Å². The molecule has 1 heterocycles. The van der Waals surface area contributed by atoms with Gasteiger partial charge in [-0.3, -0.25) is 9.69 Å². The van der Waals surface area contributed by atoms with Crippen molar-refractivity contribution < 1.29 is 9.53 Å². The van der Waals surface area contributed by atoms with Gasteiger partial charge in [0.25, 0.3) is 5.91 Å². The van der Waals surface area contributed by atoms with Crippen LogP contribution in [0.2, 0.25) is 0 Å². The number of aryl methyl sites for hydroxylation is 1. The predicted octanol–water partition coefficient (Wildman–Crippen LogP) is 5.16. The Labute approximate surface area is 159 Å². The molecule has 1 amide bonds. The summed E-state index contributed by atoms with van der Waals surface area (Å²) in [5, 5.41) is 3.52. The summed E-state index contributed by atoms with van der Waals surface area (Å²) >= 11 is 0. The molecule has 136 valence electrons. The second-order valence-electron chi connectivity index (χ2n) is 6.60. The smallest absolute Gasteiger partial charge is 0.260 e. The number of fused-ring (bicyclic) bond motifs is 1. The highest BCUT2D eigenvalue weighted by atomic mass is 16.5. The van der Waals surface area contributed by atoms with Crippen LogP contribution in [0.4, 0.5) is 11.4 Å². The summed E-state index contributed by atoms with van der Waals surface area (Å²) in [4.78, 5) is 14.9. The SMILES string of the molecule is CCOc1ccc(N2C(=O)c3ccccc3C2Nc2ccc(C)cc2)cc1. The zero-order valence-electron chi connectivity index (χ0n) is 15.5. The average Bonchev–Trinajstić information content (AvgIpc) is 2.97. The molecule has 0 spiro atoms. The van der Waals surface area contributed by atoms with Crippen molar-refractivity contribution in [1.82, 2.24) is 0 Å². The van der Waals surface area contributed by atoms with E-state index in [1.807, 2.05) is 67.6 Å². The van der Waals surface area contributed by atoms with Crippen molar-refractivity contribution in [2.24, 2.45) is 0 Å². The molecule has 3 aromatic carbocycles. The molecule has 27 heavy (non-hydrogen) atoms. The lowest BCUT2D eigenvalue weighted by atomic mass is 10.1. The van der Waals surface area contributed by atoms with E-state index in [4.69, 9.17) is 4.74 Å². The van der Waals surface area contributed by atoms with Crippen molar-refractivity contribution >= 4 is 17.3 Å². The first kappa shape index (κ1) is 17.2. The highest BCUT2D eigenvalue weighted by Gasteiger charge is 2.37. The number of nitrogens with zero attached hydrogens (tertiary/aromatic N) is 1. The molecule has 0 bridgehead atoms. The lowest BCUT2D eigenvalue weighted by Gasteiger charge is -2.27. The van der Waals surface area contributed by atoms with Crippen molar-refractivity contribution in [3.05, 3.63) is 89.5 Å². The molecule has 1 N–H and O–H groups in total. The number of benzene rings is 3. The summed E-state index contributed by atoms with van der Waals surface area (Å²) in [6.45, 7) is 4.63. The minimum Gasteiger partial charge on any atom is -0.494 e. The zero-order valence-corrected chi connectivity index (χ0v) is 15.5. The molecule has 4 heteroatoms. The standard InChI is InChI=1S/C23H22N2O2/c1-3-27-19-14-12-18(13-15-19)25-22(24-17-10-8-16(2)9-11-17)20-6-4-5-7-21(20)23(25)26/h4-15,22,24H,3H2,1-2H3. The van der Waals surface area contributed by atoms with E-state index in [9.17, 15) is 4.79 Å². The Morgan fingerprint density at radius 1 is 0.963 bits per heavy atom. The molecule has 0 radical (unpaired) electrons. The van der Waals surface area contributed by atoms with E-state index >= 15 is 0 Å². The van der Waals surface area contributed by atoms with E-state index in [0.29, 0.717) is 6.61 Å². The van der Waals surface area contributed by atoms with Gasteiger partial charge in [0.1, 0.15) is 11.9 Å². The average molecular weight is 358 g/mol. The largest absolute Gasteiger partial charge is 0.494 e. The van der Waals surface area contributed by atoms with Gasteiger partial charge in [0, 0.05) is 22.5 Å². The Hall–Kier alpha value is -3.27. The number of rotatable bonds is 5. The van der Waals surface area contributed by atoms with Gasteiger partial charge >= 0.3 is 0 Å². The van der Waals surface area contributed by atoms with Crippen LogP contribution in [-0.4, -0.2) is 12.5 Å². The first-order valence-electron chi connectivity index (χ1n) is 9.16. The summed E-state index contributed by atoms with van der Waals surface area (Å²) < 4.78 is 5.53.